The lowest BCUT2D eigenvalue weighted by molar-refractivity contribution is -0.134. The maximum Gasteiger partial charge on any atom is 0.311 e. The second kappa shape index (κ2) is 8.61. The highest BCUT2D eigenvalue weighted by atomic mass is 16.5. The molecule has 6 heteroatoms. The van der Waals surface area contributed by atoms with Crippen LogP contribution in [0.5, 0.6) is 17.2 Å². The quantitative estimate of drug-likeness (QED) is 0.363. The van der Waals surface area contributed by atoms with E-state index in [0.717, 1.165) is 19.3 Å². The van der Waals surface area contributed by atoms with Gasteiger partial charge in [0, 0.05) is 12.5 Å². The molecule has 0 bridgehead atoms. The topological polar surface area (TPSA) is 86.0 Å². The second-order valence-electron chi connectivity index (χ2n) is 6.45. The second-order valence-corrected chi connectivity index (χ2v) is 6.45. The fourth-order valence-electron chi connectivity index (χ4n) is 2.91. The molecule has 0 aliphatic rings. The average molecular weight is 382 g/mol. The van der Waals surface area contributed by atoms with Crippen molar-refractivity contribution >= 4 is 16.9 Å². The number of hydrogen-bond acceptors (Lipinski definition) is 6. The molecule has 0 saturated carbocycles. The molecule has 2 aromatic carbocycles. The Bertz CT molecular complexity index is 1030. The van der Waals surface area contributed by atoms with Gasteiger partial charge in [-0.3, -0.25) is 9.59 Å². The maximum atomic E-state index is 12.8. The van der Waals surface area contributed by atoms with Crippen molar-refractivity contribution in [1.82, 2.24) is 0 Å². The van der Waals surface area contributed by atoms with E-state index in [1.54, 1.807) is 24.3 Å². The number of benzene rings is 2. The maximum absolute atomic E-state index is 12.8. The number of fused-ring (bicyclic) bond motifs is 1. The minimum Gasteiger partial charge on any atom is -0.504 e. The van der Waals surface area contributed by atoms with E-state index in [9.17, 15) is 14.7 Å². The van der Waals surface area contributed by atoms with Crippen LogP contribution in [0.4, 0.5) is 0 Å². The number of unbranched alkanes of at least 4 members (excludes halogenated alkanes) is 2. The molecule has 3 rings (SSSR count). The first-order valence-electron chi connectivity index (χ1n) is 9.17. The SMILES string of the molecule is CCCCCC(=O)Oc1ccc(-c2coc3cc(O)c(OC)cc3c2=O)cc1. The highest BCUT2D eigenvalue weighted by Crippen LogP contribution is 2.31. The summed E-state index contributed by atoms with van der Waals surface area (Å²) in [5.41, 5.74) is 1.02. The number of carbonyl (C=O) groups excluding carboxylic acids is 1. The van der Waals surface area contributed by atoms with Crippen LogP contribution in [0.1, 0.15) is 32.6 Å². The van der Waals surface area contributed by atoms with Gasteiger partial charge in [-0.2, -0.15) is 0 Å². The van der Waals surface area contributed by atoms with Gasteiger partial charge in [0.15, 0.2) is 11.5 Å². The van der Waals surface area contributed by atoms with Crippen LogP contribution in [-0.4, -0.2) is 18.2 Å². The van der Waals surface area contributed by atoms with Gasteiger partial charge in [-0.05, 0) is 30.2 Å². The fourth-order valence-corrected chi connectivity index (χ4v) is 2.91. The molecule has 0 spiro atoms. The molecule has 28 heavy (non-hydrogen) atoms. The highest BCUT2D eigenvalue weighted by molar-refractivity contribution is 5.84. The van der Waals surface area contributed by atoms with Crippen LogP contribution in [0, 0.1) is 0 Å². The summed E-state index contributed by atoms with van der Waals surface area (Å²) in [6, 6.07) is 9.49. The van der Waals surface area contributed by atoms with Crippen molar-refractivity contribution in [3.8, 4) is 28.4 Å². The van der Waals surface area contributed by atoms with Gasteiger partial charge in [0.2, 0.25) is 5.43 Å². The zero-order valence-corrected chi connectivity index (χ0v) is 15.9. The van der Waals surface area contributed by atoms with E-state index >= 15 is 0 Å². The molecule has 0 amide bonds. The molecular formula is C22H22O6. The summed E-state index contributed by atoms with van der Waals surface area (Å²) in [5.74, 6) is 0.263. The summed E-state index contributed by atoms with van der Waals surface area (Å²) < 4.78 is 15.9. The average Bonchev–Trinajstić information content (AvgIpc) is 2.69. The van der Waals surface area contributed by atoms with Crippen LogP contribution >= 0.6 is 0 Å². The zero-order valence-electron chi connectivity index (χ0n) is 15.9. The molecule has 0 radical (unpaired) electrons. The number of hydrogen-bond donors (Lipinski definition) is 1. The Morgan fingerprint density at radius 2 is 1.89 bits per heavy atom. The van der Waals surface area contributed by atoms with Crippen molar-refractivity contribution in [3.63, 3.8) is 0 Å². The molecule has 0 saturated heterocycles. The van der Waals surface area contributed by atoms with E-state index in [4.69, 9.17) is 13.9 Å². The standard InChI is InChI=1S/C22H22O6/c1-3-4-5-6-21(24)28-15-9-7-14(8-10-15)17-13-27-19-12-18(23)20(26-2)11-16(19)22(17)25/h7-13,23H,3-6H2,1-2H3. The first kappa shape index (κ1) is 19.5. The summed E-state index contributed by atoms with van der Waals surface area (Å²) in [6.45, 7) is 2.08. The van der Waals surface area contributed by atoms with Crippen molar-refractivity contribution in [3.05, 3.63) is 52.9 Å². The fraction of sp³-hybridized carbons (Fsp3) is 0.273. The lowest BCUT2D eigenvalue weighted by atomic mass is 10.1. The van der Waals surface area contributed by atoms with Gasteiger partial charge in [0.05, 0.1) is 18.1 Å². The normalized spacial score (nSPS) is 10.8. The molecule has 146 valence electrons. The number of rotatable bonds is 7. The van der Waals surface area contributed by atoms with Gasteiger partial charge in [-0.25, -0.2) is 0 Å². The van der Waals surface area contributed by atoms with Crippen molar-refractivity contribution in [2.24, 2.45) is 0 Å². The highest BCUT2D eigenvalue weighted by Gasteiger charge is 2.13. The number of ether oxygens (including phenoxy) is 2. The van der Waals surface area contributed by atoms with Gasteiger partial charge in [-0.1, -0.05) is 31.9 Å². The van der Waals surface area contributed by atoms with Crippen LogP contribution in [0.15, 0.2) is 51.9 Å². The van der Waals surface area contributed by atoms with Crippen molar-refractivity contribution in [2.75, 3.05) is 7.11 Å². The molecular weight excluding hydrogens is 360 g/mol. The monoisotopic (exact) mass is 382 g/mol. The van der Waals surface area contributed by atoms with E-state index in [2.05, 4.69) is 6.92 Å². The van der Waals surface area contributed by atoms with Crippen LogP contribution in [0.3, 0.4) is 0 Å². The van der Waals surface area contributed by atoms with E-state index < -0.39 is 0 Å². The molecule has 6 nitrogen and oxygen atoms in total. The number of methoxy groups -OCH3 is 1. The third-order valence-corrected chi connectivity index (χ3v) is 4.46. The van der Waals surface area contributed by atoms with Crippen molar-refractivity contribution < 1.29 is 23.8 Å². The van der Waals surface area contributed by atoms with Crippen LogP contribution in [0.2, 0.25) is 0 Å². The van der Waals surface area contributed by atoms with Crippen molar-refractivity contribution in [1.29, 1.82) is 0 Å². The van der Waals surface area contributed by atoms with Crippen LogP contribution in [-0.2, 0) is 4.79 Å². The Hall–Kier alpha value is -3.28. The smallest absolute Gasteiger partial charge is 0.311 e. The molecule has 1 N–H and O–H groups in total. The Labute approximate surface area is 162 Å². The lowest BCUT2D eigenvalue weighted by Gasteiger charge is -2.08. The van der Waals surface area contributed by atoms with Crippen LogP contribution < -0.4 is 14.9 Å². The molecule has 1 heterocycles. The number of esters is 1. The number of phenols is 1. The van der Waals surface area contributed by atoms with Gasteiger partial charge in [-0.15, -0.1) is 0 Å². The van der Waals surface area contributed by atoms with E-state index in [-0.39, 0.29) is 28.5 Å². The predicted octanol–water partition coefficient (Wildman–Crippen LogP) is 4.66. The molecule has 0 atom stereocenters. The Morgan fingerprint density at radius 3 is 2.57 bits per heavy atom. The third kappa shape index (κ3) is 4.17. The number of carbonyl (C=O) groups is 1. The molecule has 1 aromatic heterocycles. The van der Waals surface area contributed by atoms with E-state index in [0.29, 0.717) is 28.7 Å². The first-order chi connectivity index (χ1) is 13.5. The molecule has 0 aliphatic carbocycles. The summed E-state index contributed by atoms with van der Waals surface area (Å²) in [5, 5.41) is 10.1. The molecule has 0 unspecified atom stereocenters. The Kier molecular flexibility index (Phi) is 5.99. The molecule has 3 aromatic rings. The van der Waals surface area contributed by atoms with Gasteiger partial charge in [0.1, 0.15) is 17.6 Å². The van der Waals surface area contributed by atoms with Gasteiger partial charge >= 0.3 is 5.97 Å². The first-order valence-corrected chi connectivity index (χ1v) is 9.17. The number of phenolic OH excluding ortho intramolecular Hbond substituents is 1. The summed E-state index contributed by atoms with van der Waals surface area (Å²) >= 11 is 0. The zero-order chi connectivity index (χ0) is 20.1. The van der Waals surface area contributed by atoms with Gasteiger partial charge < -0.3 is 19.0 Å². The minimum absolute atomic E-state index is 0.101. The summed E-state index contributed by atoms with van der Waals surface area (Å²) in [7, 11) is 1.41. The van der Waals surface area contributed by atoms with Gasteiger partial charge in [0.25, 0.3) is 0 Å². The summed E-state index contributed by atoms with van der Waals surface area (Å²) in [4.78, 5) is 24.6. The lowest BCUT2D eigenvalue weighted by Crippen LogP contribution is -2.08. The number of aromatic hydroxyl groups is 1. The van der Waals surface area contributed by atoms with Crippen molar-refractivity contribution in [2.45, 2.75) is 32.6 Å². The molecule has 0 fully saturated rings. The largest absolute Gasteiger partial charge is 0.504 e. The Morgan fingerprint density at radius 1 is 1.14 bits per heavy atom. The van der Waals surface area contributed by atoms with E-state index in [1.807, 2.05) is 0 Å². The predicted molar refractivity (Wildman–Crippen MR) is 106 cm³/mol. The summed E-state index contributed by atoms with van der Waals surface area (Å²) in [6.07, 6.45) is 4.58. The minimum atomic E-state index is -0.265. The third-order valence-electron chi connectivity index (χ3n) is 4.46. The van der Waals surface area contributed by atoms with Crippen LogP contribution in [0.25, 0.3) is 22.1 Å². The molecule has 0 aliphatic heterocycles. The van der Waals surface area contributed by atoms with E-state index in [1.165, 1.54) is 25.5 Å². The Balaban J connectivity index is 1.84.